The molecule has 0 aliphatic rings. The average Bonchev–Trinajstić information content (AvgIpc) is 2.35. The van der Waals surface area contributed by atoms with Crippen LogP contribution in [0.25, 0.3) is 0 Å². The SMILES string of the molecule is Cc1ccnc(C(NN)c2ccc(F)c(C)c2)c1. The van der Waals surface area contributed by atoms with E-state index in [0.717, 1.165) is 16.8 Å². The van der Waals surface area contributed by atoms with Crippen LogP contribution in [0, 0.1) is 19.7 Å². The number of hydrazine groups is 1. The molecule has 0 radical (unpaired) electrons. The zero-order valence-corrected chi connectivity index (χ0v) is 10.4. The van der Waals surface area contributed by atoms with Crippen molar-refractivity contribution in [3.8, 4) is 0 Å². The minimum atomic E-state index is -0.232. The molecule has 3 nitrogen and oxygen atoms in total. The first kappa shape index (κ1) is 12.7. The van der Waals surface area contributed by atoms with Gasteiger partial charge in [0.25, 0.3) is 0 Å². The number of aromatic nitrogens is 1. The first-order chi connectivity index (χ1) is 8.61. The van der Waals surface area contributed by atoms with Crippen LogP contribution < -0.4 is 11.3 Å². The molecule has 2 rings (SSSR count). The number of hydrogen-bond donors (Lipinski definition) is 2. The number of nitrogens with two attached hydrogens (primary N) is 1. The summed E-state index contributed by atoms with van der Waals surface area (Å²) in [4.78, 5) is 4.30. The van der Waals surface area contributed by atoms with E-state index in [9.17, 15) is 4.39 Å². The molecule has 1 heterocycles. The first-order valence-corrected chi connectivity index (χ1v) is 5.76. The molecule has 18 heavy (non-hydrogen) atoms. The van der Waals surface area contributed by atoms with Crippen molar-refractivity contribution >= 4 is 0 Å². The molecular weight excluding hydrogens is 229 g/mol. The third-order valence-corrected chi connectivity index (χ3v) is 2.91. The smallest absolute Gasteiger partial charge is 0.126 e. The molecular formula is C14H16FN3. The van der Waals surface area contributed by atoms with Crippen LogP contribution in [0.1, 0.15) is 28.4 Å². The first-order valence-electron chi connectivity index (χ1n) is 5.76. The number of nitrogens with one attached hydrogen (secondary N) is 1. The van der Waals surface area contributed by atoms with Gasteiger partial charge in [0.15, 0.2) is 0 Å². The molecule has 0 bridgehead atoms. The normalized spacial score (nSPS) is 12.4. The quantitative estimate of drug-likeness (QED) is 0.645. The van der Waals surface area contributed by atoms with Crippen LogP contribution in [-0.2, 0) is 0 Å². The standard InChI is InChI=1S/C14H16FN3/c1-9-5-6-17-13(7-9)14(18-16)11-3-4-12(15)10(2)8-11/h3-8,14,18H,16H2,1-2H3. The van der Waals surface area contributed by atoms with E-state index < -0.39 is 0 Å². The highest BCUT2D eigenvalue weighted by molar-refractivity contribution is 5.32. The maximum absolute atomic E-state index is 13.3. The van der Waals surface area contributed by atoms with E-state index in [1.54, 1.807) is 25.3 Å². The third kappa shape index (κ3) is 2.55. The fraction of sp³-hybridized carbons (Fsp3) is 0.214. The van der Waals surface area contributed by atoms with Crippen LogP contribution in [0.5, 0.6) is 0 Å². The van der Waals surface area contributed by atoms with Crippen molar-refractivity contribution in [1.82, 2.24) is 10.4 Å². The van der Waals surface area contributed by atoms with E-state index in [0.29, 0.717) is 5.56 Å². The van der Waals surface area contributed by atoms with Crippen molar-refractivity contribution in [1.29, 1.82) is 0 Å². The Kier molecular flexibility index (Phi) is 3.69. The summed E-state index contributed by atoms with van der Waals surface area (Å²) in [6.07, 6.45) is 1.74. The van der Waals surface area contributed by atoms with Gasteiger partial charge in [-0.25, -0.2) is 9.82 Å². The average molecular weight is 245 g/mol. The molecule has 0 aliphatic heterocycles. The summed E-state index contributed by atoms with van der Waals surface area (Å²) in [5.41, 5.74) is 6.15. The Balaban J connectivity index is 2.42. The molecule has 1 aromatic carbocycles. The summed E-state index contributed by atoms with van der Waals surface area (Å²) in [5.74, 6) is 5.38. The zero-order valence-electron chi connectivity index (χ0n) is 10.4. The van der Waals surface area contributed by atoms with Gasteiger partial charge in [0.2, 0.25) is 0 Å². The number of halogens is 1. The summed E-state index contributed by atoms with van der Waals surface area (Å²) < 4.78 is 13.3. The van der Waals surface area contributed by atoms with Gasteiger partial charge < -0.3 is 0 Å². The molecule has 2 aromatic rings. The highest BCUT2D eigenvalue weighted by Crippen LogP contribution is 2.22. The van der Waals surface area contributed by atoms with Gasteiger partial charge in [0.05, 0.1) is 11.7 Å². The third-order valence-electron chi connectivity index (χ3n) is 2.91. The fourth-order valence-electron chi connectivity index (χ4n) is 1.92. The van der Waals surface area contributed by atoms with Gasteiger partial charge >= 0.3 is 0 Å². The molecule has 0 aliphatic carbocycles. The Morgan fingerprint density at radius 2 is 2.00 bits per heavy atom. The van der Waals surface area contributed by atoms with Crippen molar-refractivity contribution in [2.45, 2.75) is 19.9 Å². The second-order valence-electron chi connectivity index (χ2n) is 4.37. The lowest BCUT2D eigenvalue weighted by atomic mass is 10.0. The number of hydrogen-bond acceptors (Lipinski definition) is 3. The van der Waals surface area contributed by atoms with Gasteiger partial charge in [0, 0.05) is 6.20 Å². The van der Waals surface area contributed by atoms with Crippen molar-refractivity contribution in [3.05, 3.63) is 64.7 Å². The van der Waals surface area contributed by atoms with E-state index in [-0.39, 0.29) is 11.9 Å². The van der Waals surface area contributed by atoms with E-state index in [4.69, 9.17) is 5.84 Å². The van der Waals surface area contributed by atoms with Gasteiger partial charge in [0.1, 0.15) is 5.82 Å². The maximum Gasteiger partial charge on any atom is 0.126 e. The Labute approximate surface area is 106 Å². The number of nitrogens with zero attached hydrogens (tertiary/aromatic N) is 1. The van der Waals surface area contributed by atoms with E-state index >= 15 is 0 Å². The molecule has 0 saturated carbocycles. The Hall–Kier alpha value is -1.78. The largest absolute Gasteiger partial charge is 0.271 e. The molecule has 3 N–H and O–H groups in total. The van der Waals surface area contributed by atoms with E-state index in [1.807, 2.05) is 19.1 Å². The summed E-state index contributed by atoms with van der Waals surface area (Å²) in [7, 11) is 0. The summed E-state index contributed by atoms with van der Waals surface area (Å²) in [6.45, 7) is 3.73. The number of pyridine rings is 1. The summed E-state index contributed by atoms with van der Waals surface area (Å²) in [6, 6.07) is 8.60. The molecule has 0 amide bonds. The highest BCUT2D eigenvalue weighted by atomic mass is 19.1. The summed E-state index contributed by atoms with van der Waals surface area (Å²) in [5, 5.41) is 0. The topological polar surface area (TPSA) is 50.9 Å². The molecule has 94 valence electrons. The molecule has 1 unspecified atom stereocenters. The molecule has 1 atom stereocenters. The molecule has 0 fully saturated rings. The maximum atomic E-state index is 13.3. The molecule has 4 heteroatoms. The van der Waals surface area contributed by atoms with Crippen LogP contribution in [0.3, 0.4) is 0 Å². The lowest BCUT2D eigenvalue weighted by Gasteiger charge is -2.17. The summed E-state index contributed by atoms with van der Waals surface area (Å²) >= 11 is 0. The number of aryl methyl sites for hydroxylation is 2. The van der Waals surface area contributed by atoms with Crippen LogP contribution in [0.4, 0.5) is 4.39 Å². The van der Waals surface area contributed by atoms with Crippen LogP contribution >= 0.6 is 0 Å². The van der Waals surface area contributed by atoms with Gasteiger partial charge in [-0.15, -0.1) is 0 Å². The molecule has 0 spiro atoms. The molecule has 1 aromatic heterocycles. The van der Waals surface area contributed by atoms with Gasteiger partial charge in [-0.3, -0.25) is 10.8 Å². The van der Waals surface area contributed by atoms with Gasteiger partial charge in [-0.1, -0.05) is 12.1 Å². The number of benzene rings is 1. The van der Waals surface area contributed by atoms with Crippen LogP contribution in [0.2, 0.25) is 0 Å². The minimum absolute atomic E-state index is 0.216. The molecule has 0 saturated heterocycles. The Morgan fingerprint density at radius 3 is 2.61 bits per heavy atom. The lowest BCUT2D eigenvalue weighted by Crippen LogP contribution is -2.29. The van der Waals surface area contributed by atoms with Crippen LogP contribution in [-0.4, -0.2) is 4.98 Å². The van der Waals surface area contributed by atoms with E-state index in [1.165, 1.54) is 6.07 Å². The van der Waals surface area contributed by atoms with Crippen molar-refractivity contribution < 1.29 is 4.39 Å². The van der Waals surface area contributed by atoms with Crippen LogP contribution in [0.15, 0.2) is 36.5 Å². The fourth-order valence-corrected chi connectivity index (χ4v) is 1.92. The van der Waals surface area contributed by atoms with E-state index in [2.05, 4.69) is 10.4 Å². The number of rotatable bonds is 3. The second-order valence-corrected chi connectivity index (χ2v) is 4.37. The predicted octanol–water partition coefficient (Wildman–Crippen LogP) is 2.39. The lowest BCUT2D eigenvalue weighted by molar-refractivity contribution is 0.602. The Bertz CT molecular complexity index is 554. The van der Waals surface area contributed by atoms with Crippen molar-refractivity contribution in [2.24, 2.45) is 5.84 Å². The van der Waals surface area contributed by atoms with Gasteiger partial charge in [-0.2, -0.15) is 0 Å². The predicted molar refractivity (Wildman–Crippen MR) is 69.3 cm³/mol. The second kappa shape index (κ2) is 5.25. The van der Waals surface area contributed by atoms with Crippen molar-refractivity contribution in [3.63, 3.8) is 0 Å². The Morgan fingerprint density at radius 1 is 1.22 bits per heavy atom. The monoisotopic (exact) mass is 245 g/mol. The van der Waals surface area contributed by atoms with Gasteiger partial charge in [-0.05, 0) is 48.7 Å². The highest BCUT2D eigenvalue weighted by Gasteiger charge is 2.14. The zero-order chi connectivity index (χ0) is 13.1. The van der Waals surface area contributed by atoms with Crippen molar-refractivity contribution in [2.75, 3.05) is 0 Å². The minimum Gasteiger partial charge on any atom is -0.271 e.